The van der Waals surface area contributed by atoms with Gasteiger partial charge in [-0.25, -0.2) is 4.79 Å². The van der Waals surface area contributed by atoms with Crippen molar-refractivity contribution in [2.24, 2.45) is 5.92 Å². The van der Waals surface area contributed by atoms with Crippen LogP contribution in [0.25, 0.3) is 0 Å². The van der Waals surface area contributed by atoms with Crippen molar-refractivity contribution < 1.29 is 29.6 Å². The molecule has 4 rings (SSSR count). The van der Waals surface area contributed by atoms with E-state index in [2.05, 4.69) is 4.90 Å². The van der Waals surface area contributed by atoms with Crippen LogP contribution in [0.15, 0.2) is 18.2 Å². The number of aliphatic hydroxyl groups excluding tert-OH is 1. The molecule has 8 nitrogen and oxygen atoms in total. The maximum absolute atomic E-state index is 11.2. The van der Waals surface area contributed by atoms with Crippen molar-refractivity contribution in [2.75, 3.05) is 39.6 Å². The van der Waals surface area contributed by atoms with Crippen LogP contribution in [0.4, 0.5) is 4.79 Å². The van der Waals surface area contributed by atoms with E-state index in [0.717, 1.165) is 18.4 Å². The first kappa shape index (κ1) is 19.3. The van der Waals surface area contributed by atoms with Gasteiger partial charge in [-0.15, -0.1) is 0 Å². The van der Waals surface area contributed by atoms with Crippen molar-refractivity contribution in [3.63, 3.8) is 0 Å². The predicted octanol–water partition coefficient (Wildman–Crippen LogP) is 1.45. The fourth-order valence-corrected chi connectivity index (χ4v) is 4.74. The Balaban J connectivity index is 1.38. The minimum absolute atomic E-state index is 0.0113. The fraction of sp³-hybridized carbons (Fsp3) is 0.650. The molecule has 3 N–H and O–H groups in total. The molecule has 3 aliphatic heterocycles. The highest BCUT2D eigenvalue weighted by Gasteiger charge is 2.39. The van der Waals surface area contributed by atoms with Crippen molar-refractivity contribution in [3.05, 3.63) is 23.8 Å². The zero-order valence-corrected chi connectivity index (χ0v) is 15.9. The Morgan fingerprint density at radius 2 is 1.82 bits per heavy atom. The summed E-state index contributed by atoms with van der Waals surface area (Å²) in [6.45, 7) is 2.69. The van der Waals surface area contributed by atoms with E-state index in [-0.39, 0.29) is 25.4 Å². The second-order valence-electron chi connectivity index (χ2n) is 7.99. The molecule has 1 unspecified atom stereocenters. The number of hydrogen-bond donors (Lipinski definition) is 3. The van der Waals surface area contributed by atoms with Crippen LogP contribution in [0.2, 0.25) is 0 Å². The van der Waals surface area contributed by atoms with E-state index < -0.39 is 11.7 Å². The lowest BCUT2D eigenvalue weighted by Gasteiger charge is -2.45. The molecule has 0 aliphatic carbocycles. The minimum Gasteiger partial charge on any atom is -0.465 e. The maximum atomic E-state index is 11.2. The van der Waals surface area contributed by atoms with Crippen LogP contribution in [-0.2, 0) is 5.60 Å². The second kappa shape index (κ2) is 7.77. The van der Waals surface area contributed by atoms with Crippen LogP contribution in [-0.4, -0.2) is 76.8 Å². The highest BCUT2D eigenvalue weighted by Crippen LogP contribution is 2.40. The third kappa shape index (κ3) is 3.64. The van der Waals surface area contributed by atoms with E-state index in [1.807, 2.05) is 18.2 Å². The molecular formula is C20H28N2O6. The number of carboxylic acid groups (broad SMARTS) is 1. The summed E-state index contributed by atoms with van der Waals surface area (Å²) in [4.78, 5) is 14.8. The maximum Gasteiger partial charge on any atom is 0.407 e. The van der Waals surface area contributed by atoms with E-state index in [4.69, 9.17) is 14.6 Å². The van der Waals surface area contributed by atoms with Gasteiger partial charge in [-0.3, -0.25) is 4.90 Å². The van der Waals surface area contributed by atoms with Crippen molar-refractivity contribution >= 4 is 6.09 Å². The lowest BCUT2D eigenvalue weighted by Crippen LogP contribution is -2.53. The van der Waals surface area contributed by atoms with Crippen LogP contribution in [0.1, 0.15) is 31.2 Å². The Bertz CT molecular complexity index is 711. The molecule has 0 spiro atoms. The monoisotopic (exact) mass is 392 g/mol. The predicted molar refractivity (Wildman–Crippen MR) is 100 cm³/mol. The number of ether oxygens (including phenoxy) is 2. The summed E-state index contributed by atoms with van der Waals surface area (Å²) in [7, 11) is 0. The molecule has 3 aliphatic rings. The standard InChI is InChI=1S/C20H28N2O6/c23-12-16(14-3-7-22(8-4-14)19(24)25)21-9-5-20(26,6-10-21)15-1-2-17-18(11-15)28-13-27-17/h1-2,11,14,16,23,26H,3-10,12-13H2,(H,24,25). The summed E-state index contributed by atoms with van der Waals surface area (Å²) < 4.78 is 10.8. The number of nitrogens with zero attached hydrogens (tertiary/aromatic N) is 2. The SMILES string of the molecule is O=C(O)N1CCC(C(CO)N2CCC(O)(c3ccc4c(c3)OCO4)CC2)CC1. The lowest BCUT2D eigenvalue weighted by molar-refractivity contribution is -0.0535. The van der Waals surface area contributed by atoms with Gasteiger partial charge in [0.25, 0.3) is 0 Å². The normalized spacial score (nSPS) is 23.6. The van der Waals surface area contributed by atoms with Crippen LogP contribution >= 0.6 is 0 Å². The molecule has 0 aromatic heterocycles. The molecule has 1 atom stereocenters. The number of carbonyl (C=O) groups is 1. The van der Waals surface area contributed by atoms with Crippen molar-refractivity contribution in [1.29, 1.82) is 0 Å². The summed E-state index contributed by atoms with van der Waals surface area (Å²) >= 11 is 0. The number of benzene rings is 1. The fourth-order valence-electron chi connectivity index (χ4n) is 4.74. The first-order chi connectivity index (χ1) is 13.5. The molecule has 0 saturated carbocycles. The third-order valence-corrected chi connectivity index (χ3v) is 6.55. The largest absolute Gasteiger partial charge is 0.465 e. The third-order valence-electron chi connectivity index (χ3n) is 6.55. The summed E-state index contributed by atoms with van der Waals surface area (Å²) in [6.07, 6.45) is 1.82. The molecule has 0 bridgehead atoms. The van der Waals surface area contributed by atoms with Crippen LogP contribution in [0.5, 0.6) is 11.5 Å². The Labute approximate surface area is 164 Å². The van der Waals surface area contributed by atoms with E-state index in [0.29, 0.717) is 50.5 Å². The number of likely N-dealkylation sites (tertiary alicyclic amines) is 2. The molecule has 0 radical (unpaired) electrons. The number of aliphatic hydroxyl groups is 2. The van der Waals surface area contributed by atoms with E-state index in [1.54, 1.807) is 0 Å². The zero-order chi connectivity index (χ0) is 19.7. The minimum atomic E-state index is -0.913. The summed E-state index contributed by atoms with van der Waals surface area (Å²) in [5.41, 5.74) is -0.0730. The van der Waals surface area contributed by atoms with Gasteiger partial charge < -0.3 is 29.7 Å². The van der Waals surface area contributed by atoms with E-state index in [1.165, 1.54) is 4.90 Å². The molecule has 1 amide bonds. The van der Waals surface area contributed by atoms with Gasteiger partial charge in [-0.05, 0) is 49.3 Å². The summed E-state index contributed by atoms with van der Waals surface area (Å²) in [5.74, 6) is 1.65. The Hall–Kier alpha value is -2.03. The van der Waals surface area contributed by atoms with Gasteiger partial charge in [0, 0.05) is 32.2 Å². The average Bonchev–Trinajstić information content (AvgIpc) is 3.18. The van der Waals surface area contributed by atoms with E-state index in [9.17, 15) is 15.0 Å². The van der Waals surface area contributed by atoms with Gasteiger partial charge in [0.2, 0.25) is 6.79 Å². The highest BCUT2D eigenvalue weighted by molar-refractivity contribution is 5.65. The quantitative estimate of drug-likeness (QED) is 0.713. The first-order valence-corrected chi connectivity index (χ1v) is 9.95. The summed E-state index contributed by atoms with van der Waals surface area (Å²) in [6, 6.07) is 5.61. The molecular weight excluding hydrogens is 364 g/mol. The second-order valence-corrected chi connectivity index (χ2v) is 7.99. The topological polar surface area (TPSA) is 103 Å². The van der Waals surface area contributed by atoms with Crippen LogP contribution < -0.4 is 9.47 Å². The van der Waals surface area contributed by atoms with Gasteiger partial charge >= 0.3 is 6.09 Å². The van der Waals surface area contributed by atoms with E-state index >= 15 is 0 Å². The number of hydrogen-bond acceptors (Lipinski definition) is 6. The van der Waals surface area contributed by atoms with Crippen LogP contribution in [0, 0.1) is 5.92 Å². The number of amides is 1. The molecule has 3 heterocycles. The molecule has 2 saturated heterocycles. The van der Waals surface area contributed by atoms with Gasteiger partial charge in [0.15, 0.2) is 11.5 Å². The Kier molecular flexibility index (Phi) is 5.35. The van der Waals surface area contributed by atoms with Gasteiger partial charge in [0.05, 0.1) is 12.2 Å². The molecule has 1 aromatic rings. The summed E-state index contributed by atoms with van der Waals surface area (Å²) in [5, 5.41) is 30.3. The molecule has 1 aromatic carbocycles. The molecule has 2 fully saturated rings. The zero-order valence-electron chi connectivity index (χ0n) is 15.9. The Morgan fingerprint density at radius 3 is 2.46 bits per heavy atom. The van der Waals surface area contributed by atoms with Crippen molar-refractivity contribution in [3.8, 4) is 11.5 Å². The smallest absolute Gasteiger partial charge is 0.407 e. The molecule has 28 heavy (non-hydrogen) atoms. The molecule has 154 valence electrons. The van der Waals surface area contributed by atoms with Crippen molar-refractivity contribution in [1.82, 2.24) is 9.80 Å². The number of rotatable bonds is 4. The average molecular weight is 392 g/mol. The lowest BCUT2D eigenvalue weighted by atomic mass is 9.82. The van der Waals surface area contributed by atoms with Gasteiger partial charge in [0.1, 0.15) is 0 Å². The molecule has 8 heteroatoms. The van der Waals surface area contributed by atoms with Gasteiger partial charge in [-0.1, -0.05) is 6.07 Å². The number of fused-ring (bicyclic) bond motifs is 1. The first-order valence-electron chi connectivity index (χ1n) is 9.95. The Morgan fingerprint density at radius 1 is 1.14 bits per heavy atom. The number of piperidine rings is 2. The van der Waals surface area contributed by atoms with Crippen molar-refractivity contribution in [2.45, 2.75) is 37.3 Å². The highest BCUT2D eigenvalue weighted by atomic mass is 16.7. The van der Waals surface area contributed by atoms with Crippen LogP contribution in [0.3, 0.4) is 0 Å². The van der Waals surface area contributed by atoms with Gasteiger partial charge in [-0.2, -0.15) is 0 Å².